The summed E-state index contributed by atoms with van der Waals surface area (Å²) in [5, 5.41) is 10.6. The van der Waals surface area contributed by atoms with Gasteiger partial charge in [0.25, 0.3) is 0 Å². The van der Waals surface area contributed by atoms with Crippen molar-refractivity contribution in [1.29, 1.82) is 5.26 Å². The standard InChI is InChI=1S/C31H41N2.BrH/c1-33(20-19-25-11-5-2-6-12-25)29-17-18-30(33)22-26(21-29)23-31(24-32,27-13-7-3-8-14-27)28-15-9-4-10-16-28;/h3-4,7-10,13-16,25-26,29-30H,2,5-6,11-12,17-23H2,1H3;1H/q+1;/p-1/t26?,29-,30+,33?;. The average Bonchev–Trinajstić information content (AvgIpc) is 3.03. The first-order valence-electron chi connectivity index (χ1n) is 13.5. The molecule has 4 atom stereocenters. The van der Waals surface area contributed by atoms with Crippen LogP contribution in [0.1, 0.15) is 81.8 Å². The Morgan fingerprint density at radius 1 is 0.794 bits per heavy atom. The first kappa shape index (κ1) is 25.5. The normalized spacial score (nSPS) is 29.2. The minimum Gasteiger partial charge on any atom is -1.00 e. The van der Waals surface area contributed by atoms with Crippen LogP contribution in [0.3, 0.4) is 0 Å². The molecule has 2 aromatic rings. The van der Waals surface area contributed by atoms with Crippen molar-refractivity contribution in [2.45, 2.75) is 88.1 Å². The molecule has 2 heterocycles. The number of nitriles is 1. The van der Waals surface area contributed by atoms with Crippen LogP contribution in [0.25, 0.3) is 0 Å². The van der Waals surface area contributed by atoms with Gasteiger partial charge in [0.05, 0.1) is 31.7 Å². The zero-order valence-corrected chi connectivity index (χ0v) is 22.4. The van der Waals surface area contributed by atoms with Gasteiger partial charge in [-0.25, -0.2) is 0 Å². The van der Waals surface area contributed by atoms with Gasteiger partial charge < -0.3 is 21.5 Å². The summed E-state index contributed by atoms with van der Waals surface area (Å²) >= 11 is 0. The van der Waals surface area contributed by atoms with E-state index in [0.717, 1.165) is 35.5 Å². The van der Waals surface area contributed by atoms with E-state index in [9.17, 15) is 5.26 Å². The summed E-state index contributed by atoms with van der Waals surface area (Å²) in [6.45, 7) is 1.38. The molecule has 5 rings (SSSR count). The number of quaternary nitrogens is 1. The zero-order valence-electron chi connectivity index (χ0n) is 20.8. The molecule has 3 aliphatic rings. The average molecular weight is 522 g/mol. The van der Waals surface area contributed by atoms with Gasteiger partial charge in [0.2, 0.25) is 0 Å². The Morgan fingerprint density at radius 2 is 1.32 bits per heavy atom. The summed E-state index contributed by atoms with van der Waals surface area (Å²) in [4.78, 5) is 0. The van der Waals surface area contributed by atoms with Crippen molar-refractivity contribution in [3.05, 3.63) is 71.8 Å². The van der Waals surface area contributed by atoms with Crippen molar-refractivity contribution in [2.75, 3.05) is 13.6 Å². The smallest absolute Gasteiger partial charge is 0.107 e. The van der Waals surface area contributed by atoms with Crippen molar-refractivity contribution in [3.8, 4) is 6.07 Å². The molecular formula is C31H41BrN2. The molecule has 0 amide bonds. The van der Waals surface area contributed by atoms with Gasteiger partial charge in [0.15, 0.2) is 0 Å². The maximum atomic E-state index is 10.6. The molecule has 182 valence electrons. The lowest BCUT2D eigenvalue weighted by Gasteiger charge is -2.49. The molecule has 1 saturated carbocycles. The van der Waals surface area contributed by atoms with Crippen LogP contribution in [0, 0.1) is 23.2 Å². The lowest BCUT2D eigenvalue weighted by molar-refractivity contribution is -0.950. The maximum Gasteiger partial charge on any atom is 0.107 e. The number of nitrogens with zero attached hydrogens (tertiary/aromatic N) is 2. The van der Waals surface area contributed by atoms with Gasteiger partial charge in [-0.3, -0.25) is 0 Å². The van der Waals surface area contributed by atoms with Gasteiger partial charge >= 0.3 is 0 Å². The molecule has 0 N–H and O–H groups in total. The summed E-state index contributed by atoms with van der Waals surface area (Å²) in [5.41, 5.74) is 1.77. The first-order chi connectivity index (χ1) is 16.1. The lowest BCUT2D eigenvalue weighted by Crippen LogP contribution is -3.00. The molecule has 2 aromatic carbocycles. The predicted octanol–water partition coefficient (Wildman–Crippen LogP) is 4.25. The molecule has 34 heavy (non-hydrogen) atoms. The van der Waals surface area contributed by atoms with Crippen molar-refractivity contribution >= 4 is 0 Å². The highest BCUT2D eigenvalue weighted by molar-refractivity contribution is 5.45. The van der Waals surface area contributed by atoms with E-state index in [-0.39, 0.29) is 17.0 Å². The van der Waals surface area contributed by atoms with Crippen LogP contribution >= 0.6 is 0 Å². The number of piperidine rings is 1. The van der Waals surface area contributed by atoms with E-state index >= 15 is 0 Å². The van der Waals surface area contributed by atoms with Crippen molar-refractivity contribution in [2.24, 2.45) is 11.8 Å². The third kappa shape index (κ3) is 4.87. The van der Waals surface area contributed by atoms with Crippen LogP contribution in [0.4, 0.5) is 0 Å². The molecule has 2 bridgehead atoms. The summed E-state index contributed by atoms with van der Waals surface area (Å²) < 4.78 is 1.32. The molecular weight excluding hydrogens is 480 g/mol. The Labute approximate surface area is 217 Å². The molecule has 0 radical (unpaired) electrons. The molecule has 3 fully saturated rings. The summed E-state index contributed by atoms with van der Waals surface area (Å²) in [6, 6.07) is 25.6. The van der Waals surface area contributed by atoms with E-state index < -0.39 is 5.41 Å². The Kier molecular flexibility index (Phi) is 8.21. The fourth-order valence-electron chi connectivity index (χ4n) is 7.78. The fraction of sp³-hybridized carbons (Fsp3) is 0.581. The van der Waals surface area contributed by atoms with E-state index in [1.165, 1.54) is 75.2 Å². The minimum atomic E-state index is -0.546. The highest BCUT2D eigenvalue weighted by Gasteiger charge is 2.52. The Bertz CT molecular complexity index is 891. The second kappa shape index (κ2) is 11.0. The van der Waals surface area contributed by atoms with Crippen LogP contribution < -0.4 is 17.0 Å². The Morgan fingerprint density at radius 3 is 1.82 bits per heavy atom. The second-order valence-electron chi connectivity index (χ2n) is 11.5. The van der Waals surface area contributed by atoms with Crippen molar-refractivity contribution in [1.82, 2.24) is 0 Å². The molecule has 2 nitrogen and oxygen atoms in total. The Balaban J connectivity index is 0.00000274. The zero-order chi connectivity index (χ0) is 22.7. The number of halogens is 1. The number of benzene rings is 2. The van der Waals surface area contributed by atoms with E-state index in [4.69, 9.17) is 0 Å². The fourth-order valence-corrected chi connectivity index (χ4v) is 7.78. The second-order valence-corrected chi connectivity index (χ2v) is 11.5. The van der Waals surface area contributed by atoms with E-state index in [0.29, 0.717) is 5.92 Å². The van der Waals surface area contributed by atoms with Gasteiger partial charge in [-0.1, -0.05) is 92.8 Å². The largest absolute Gasteiger partial charge is 1.00 e. The highest BCUT2D eigenvalue weighted by atomic mass is 79.9. The monoisotopic (exact) mass is 520 g/mol. The summed E-state index contributed by atoms with van der Waals surface area (Å²) in [5.74, 6) is 1.61. The van der Waals surface area contributed by atoms with Crippen molar-refractivity contribution in [3.63, 3.8) is 0 Å². The molecule has 0 spiro atoms. The lowest BCUT2D eigenvalue weighted by atomic mass is 9.67. The predicted molar refractivity (Wildman–Crippen MR) is 136 cm³/mol. The third-order valence-electron chi connectivity index (χ3n) is 9.78. The number of rotatable bonds is 7. The van der Waals surface area contributed by atoms with E-state index in [1.54, 1.807) is 0 Å². The number of hydrogen-bond donors (Lipinski definition) is 0. The van der Waals surface area contributed by atoms with E-state index in [1.807, 2.05) is 0 Å². The quantitative estimate of drug-likeness (QED) is 0.500. The summed E-state index contributed by atoms with van der Waals surface area (Å²) in [7, 11) is 2.58. The molecule has 2 unspecified atom stereocenters. The number of hydrogen-bond acceptors (Lipinski definition) is 1. The van der Waals surface area contributed by atoms with Gasteiger partial charge in [-0.05, 0) is 35.8 Å². The van der Waals surface area contributed by atoms with E-state index in [2.05, 4.69) is 73.8 Å². The molecule has 3 heteroatoms. The highest BCUT2D eigenvalue weighted by Crippen LogP contribution is 2.49. The van der Waals surface area contributed by atoms with Gasteiger partial charge in [-0.2, -0.15) is 5.26 Å². The molecule has 0 aromatic heterocycles. The third-order valence-corrected chi connectivity index (χ3v) is 9.78. The van der Waals surface area contributed by atoms with Crippen LogP contribution in [0.2, 0.25) is 0 Å². The van der Waals surface area contributed by atoms with Gasteiger partial charge in [-0.15, -0.1) is 0 Å². The summed E-state index contributed by atoms with van der Waals surface area (Å²) in [6.07, 6.45) is 15.1. The maximum absolute atomic E-state index is 10.6. The SMILES string of the molecule is C[N+]1(CCC2CCCCC2)[C@@H]2CC[C@H]1CC(CC(C#N)(c1ccccc1)c1ccccc1)C2.[Br-]. The van der Waals surface area contributed by atoms with Crippen LogP contribution in [0.15, 0.2) is 60.7 Å². The number of fused-ring (bicyclic) bond motifs is 2. The topological polar surface area (TPSA) is 23.8 Å². The van der Waals surface area contributed by atoms with Crippen LogP contribution in [0.5, 0.6) is 0 Å². The van der Waals surface area contributed by atoms with Crippen LogP contribution in [-0.4, -0.2) is 30.2 Å². The van der Waals surface area contributed by atoms with Crippen LogP contribution in [-0.2, 0) is 5.41 Å². The minimum absolute atomic E-state index is 0. The molecule has 2 saturated heterocycles. The first-order valence-corrected chi connectivity index (χ1v) is 13.5. The Hall–Kier alpha value is -1.63. The van der Waals surface area contributed by atoms with Gasteiger partial charge in [0.1, 0.15) is 5.41 Å². The molecule has 2 aliphatic heterocycles. The van der Waals surface area contributed by atoms with Gasteiger partial charge in [0, 0.05) is 25.7 Å². The van der Waals surface area contributed by atoms with Crippen molar-refractivity contribution < 1.29 is 21.5 Å². The molecule has 1 aliphatic carbocycles.